The lowest BCUT2D eigenvalue weighted by atomic mass is 10.0. The van der Waals surface area contributed by atoms with E-state index >= 15 is 0 Å². The fourth-order valence-corrected chi connectivity index (χ4v) is 2.15. The first kappa shape index (κ1) is 17.0. The Hall–Kier alpha value is -1.09. The normalized spacial score (nSPS) is 21.8. The summed E-state index contributed by atoms with van der Waals surface area (Å²) in [5.74, 6) is -0.227. The fourth-order valence-electron chi connectivity index (χ4n) is 2.15. The molecule has 0 spiro atoms. The van der Waals surface area contributed by atoms with Crippen LogP contribution in [0.2, 0.25) is 0 Å². The minimum Gasteiger partial charge on any atom is -0.462 e. The summed E-state index contributed by atoms with van der Waals surface area (Å²) in [6, 6.07) is 0. The number of epoxide rings is 1. The first-order valence-electron chi connectivity index (χ1n) is 7.43. The third-order valence-corrected chi connectivity index (χ3v) is 3.71. The van der Waals surface area contributed by atoms with Crippen LogP contribution in [0, 0.1) is 0 Å². The van der Waals surface area contributed by atoms with Gasteiger partial charge in [-0.25, -0.2) is 0 Å². The zero-order chi connectivity index (χ0) is 15.2. The average Bonchev–Trinajstić information content (AvgIpc) is 2.94. The molecule has 20 heavy (non-hydrogen) atoms. The van der Waals surface area contributed by atoms with Crippen molar-refractivity contribution in [2.75, 3.05) is 6.61 Å². The van der Waals surface area contributed by atoms with Crippen molar-refractivity contribution in [2.45, 2.75) is 72.0 Å². The van der Waals surface area contributed by atoms with Crippen LogP contribution in [0.15, 0.2) is 23.3 Å². The molecule has 0 aromatic heterocycles. The Bertz CT molecular complexity index is 391. The first-order chi connectivity index (χ1) is 9.31. The zero-order valence-electron chi connectivity index (χ0n) is 13.5. The zero-order valence-corrected chi connectivity index (χ0v) is 13.5. The van der Waals surface area contributed by atoms with Crippen LogP contribution >= 0.6 is 0 Å². The second-order valence-corrected chi connectivity index (χ2v) is 6.19. The summed E-state index contributed by atoms with van der Waals surface area (Å²) in [6.45, 7) is 10.4. The van der Waals surface area contributed by atoms with Gasteiger partial charge >= 0.3 is 5.97 Å². The van der Waals surface area contributed by atoms with Gasteiger partial charge < -0.3 is 9.47 Å². The van der Waals surface area contributed by atoms with Crippen LogP contribution in [0.25, 0.3) is 0 Å². The molecule has 1 aliphatic rings. The molecule has 0 radical (unpaired) electrons. The van der Waals surface area contributed by atoms with E-state index in [-0.39, 0.29) is 11.6 Å². The molecule has 0 amide bonds. The molecule has 1 aliphatic heterocycles. The lowest BCUT2D eigenvalue weighted by Gasteiger charge is -2.02. The summed E-state index contributed by atoms with van der Waals surface area (Å²) >= 11 is 0. The van der Waals surface area contributed by atoms with Crippen molar-refractivity contribution >= 4 is 5.97 Å². The van der Waals surface area contributed by atoms with E-state index < -0.39 is 0 Å². The number of allylic oxidation sites excluding steroid dienone is 3. The third kappa shape index (κ3) is 6.90. The molecule has 3 heteroatoms. The van der Waals surface area contributed by atoms with E-state index in [1.54, 1.807) is 0 Å². The number of esters is 1. The van der Waals surface area contributed by atoms with Gasteiger partial charge in [-0.2, -0.15) is 0 Å². The van der Waals surface area contributed by atoms with Gasteiger partial charge in [-0.1, -0.05) is 17.2 Å². The van der Waals surface area contributed by atoms with Gasteiger partial charge in [-0.15, -0.1) is 0 Å². The van der Waals surface area contributed by atoms with Crippen molar-refractivity contribution in [3.8, 4) is 0 Å². The Morgan fingerprint density at radius 2 is 1.75 bits per heavy atom. The Labute approximate surface area is 123 Å². The summed E-state index contributed by atoms with van der Waals surface area (Å²) in [5, 5.41) is 0. The molecule has 0 saturated carbocycles. The minimum atomic E-state index is -0.227. The molecule has 1 atom stereocenters. The molecular formula is C17H28O3. The highest BCUT2D eigenvalue weighted by Crippen LogP contribution is 2.38. The number of rotatable bonds is 8. The van der Waals surface area contributed by atoms with Crippen molar-refractivity contribution in [3.63, 3.8) is 0 Å². The van der Waals surface area contributed by atoms with E-state index in [1.165, 1.54) is 18.1 Å². The molecule has 0 N–H and O–H groups in total. The predicted octanol–water partition coefficient (Wildman–Crippen LogP) is 4.18. The molecule has 1 heterocycles. The van der Waals surface area contributed by atoms with Crippen molar-refractivity contribution < 1.29 is 14.3 Å². The Balaban J connectivity index is 2.14. The predicted molar refractivity (Wildman–Crippen MR) is 81.6 cm³/mol. The largest absolute Gasteiger partial charge is 0.462 e. The molecular weight excluding hydrogens is 252 g/mol. The van der Waals surface area contributed by atoms with E-state index in [4.69, 9.17) is 9.47 Å². The van der Waals surface area contributed by atoms with E-state index in [2.05, 4.69) is 33.8 Å². The topological polar surface area (TPSA) is 38.8 Å². The molecule has 1 unspecified atom stereocenters. The van der Waals surface area contributed by atoms with Gasteiger partial charge in [0.2, 0.25) is 0 Å². The molecule has 0 bridgehead atoms. The van der Waals surface area contributed by atoms with E-state index in [0.717, 1.165) is 25.7 Å². The highest BCUT2D eigenvalue weighted by atomic mass is 16.6. The Kier molecular flexibility index (Phi) is 6.47. The summed E-state index contributed by atoms with van der Waals surface area (Å²) < 4.78 is 10.5. The Morgan fingerprint density at radius 1 is 1.15 bits per heavy atom. The van der Waals surface area contributed by atoms with E-state index in [1.807, 2.05) is 6.08 Å². The van der Waals surface area contributed by atoms with E-state index in [9.17, 15) is 4.79 Å². The van der Waals surface area contributed by atoms with Crippen LogP contribution < -0.4 is 0 Å². The highest BCUT2D eigenvalue weighted by molar-refractivity contribution is 5.66. The number of ether oxygens (including phenoxy) is 2. The molecule has 3 nitrogen and oxygen atoms in total. The van der Waals surface area contributed by atoms with E-state index in [0.29, 0.717) is 12.7 Å². The summed E-state index contributed by atoms with van der Waals surface area (Å²) in [7, 11) is 0. The summed E-state index contributed by atoms with van der Waals surface area (Å²) in [5.41, 5.74) is 2.81. The Morgan fingerprint density at radius 3 is 2.30 bits per heavy atom. The maximum Gasteiger partial charge on any atom is 0.302 e. The maximum absolute atomic E-state index is 10.6. The second kappa shape index (κ2) is 7.63. The van der Waals surface area contributed by atoms with Crippen LogP contribution in [0.3, 0.4) is 0 Å². The smallest absolute Gasteiger partial charge is 0.302 e. The average molecular weight is 280 g/mol. The quantitative estimate of drug-likeness (QED) is 0.380. The lowest BCUT2D eigenvalue weighted by Crippen LogP contribution is -2.02. The summed E-state index contributed by atoms with van der Waals surface area (Å²) in [6.07, 6.45) is 9.02. The lowest BCUT2D eigenvalue weighted by molar-refractivity contribution is -0.139. The first-order valence-corrected chi connectivity index (χ1v) is 7.43. The number of hydrogen-bond acceptors (Lipinski definition) is 3. The van der Waals surface area contributed by atoms with Gasteiger partial charge in [0.25, 0.3) is 0 Å². The van der Waals surface area contributed by atoms with Crippen LogP contribution in [0.1, 0.15) is 60.3 Å². The van der Waals surface area contributed by atoms with Crippen LogP contribution in [-0.4, -0.2) is 24.3 Å². The summed E-state index contributed by atoms with van der Waals surface area (Å²) in [4.78, 5) is 10.6. The molecule has 1 fully saturated rings. The molecule has 114 valence electrons. The van der Waals surface area contributed by atoms with Gasteiger partial charge in [0.1, 0.15) is 6.61 Å². The van der Waals surface area contributed by atoms with Gasteiger partial charge in [0.15, 0.2) is 0 Å². The molecule has 1 saturated heterocycles. The molecule has 0 aliphatic carbocycles. The SMILES string of the molecule is CC(=O)OCC=C(C)CCC=C(C)CCC1OC1(C)C. The van der Waals surface area contributed by atoms with Gasteiger partial charge in [-0.05, 0) is 59.5 Å². The van der Waals surface area contributed by atoms with Gasteiger partial charge in [0.05, 0.1) is 11.7 Å². The number of hydrogen-bond donors (Lipinski definition) is 0. The molecule has 0 aromatic rings. The standard InChI is InChI=1S/C17H28O3/c1-13(9-10-16-17(4,5)20-16)7-6-8-14(2)11-12-19-15(3)18/h7,11,16H,6,8-10,12H2,1-5H3. The minimum absolute atomic E-state index is 0.107. The second-order valence-electron chi connectivity index (χ2n) is 6.19. The third-order valence-electron chi connectivity index (χ3n) is 3.71. The van der Waals surface area contributed by atoms with Crippen LogP contribution in [-0.2, 0) is 14.3 Å². The van der Waals surface area contributed by atoms with Crippen molar-refractivity contribution in [1.82, 2.24) is 0 Å². The van der Waals surface area contributed by atoms with Crippen molar-refractivity contribution in [2.24, 2.45) is 0 Å². The fraction of sp³-hybridized carbons (Fsp3) is 0.706. The van der Waals surface area contributed by atoms with Crippen LogP contribution in [0.4, 0.5) is 0 Å². The molecule has 0 aromatic carbocycles. The molecule has 1 rings (SSSR count). The highest BCUT2D eigenvalue weighted by Gasteiger charge is 2.46. The number of carbonyl (C=O) groups is 1. The van der Waals surface area contributed by atoms with Crippen LogP contribution in [0.5, 0.6) is 0 Å². The van der Waals surface area contributed by atoms with Gasteiger partial charge in [0, 0.05) is 6.92 Å². The van der Waals surface area contributed by atoms with Crippen molar-refractivity contribution in [1.29, 1.82) is 0 Å². The number of carbonyl (C=O) groups excluding carboxylic acids is 1. The van der Waals surface area contributed by atoms with Gasteiger partial charge in [-0.3, -0.25) is 4.79 Å². The van der Waals surface area contributed by atoms with Crippen molar-refractivity contribution in [3.05, 3.63) is 23.3 Å². The monoisotopic (exact) mass is 280 g/mol. The maximum atomic E-state index is 10.6.